The summed E-state index contributed by atoms with van der Waals surface area (Å²) >= 11 is 0. The smallest absolute Gasteiger partial charge is 0.270 e. The van der Waals surface area contributed by atoms with Crippen LogP contribution in [-0.2, 0) is 13.2 Å². The molecule has 0 radical (unpaired) electrons. The average Bonchev–Trinajstić information content (AvgIpc) is 3.18. The molecule has 1 unspecified atom stereocenters. The van der Waals surface area contributed by atoms with E-state index in [-0.39, 0.29) is 49.8 Å². The molecule has 9 heteroatoms. The number of hydrogen-bond donors (Lipinski definition) is 2. The summed E-state index contributed by atoms with van der Waals surface area (Å²) in [6.45, 7) is 4.21. The summed E-state index contributed by atoms with van der Waals surface area (Å²) < 4.78 is 18.9. The van der Waals surface area contributed by atoms with Crippen molar-refractivity contribution in [2.45, 2.75) is 33.0 Å². The molecule has 3 heterocycles. The molecule has 3 aromatic rings. The van der Waals surface area contributed by atoms with Crippen molar-refractivity contribution in [1.82, 2.24) is 20.2 Å². The van der Waals surface area contributed by atoms with Crippen LogP contribution in [0.25, 0.3) is 0 Å². The Labute approximate surface area is 196 Å². The highest BCUT2D eigenvalue weighted by Crippen LogP contribution is 2.33. The molecule has 0 saturated carbocycles. The number of carbonyl (C=O) groups excluding carboxylic acids is 2. The molecule has 0 aliphatic carbocycles. The zero-order valence-electron chi connectivity index (χ0n) is 18.9. The van der Waals surface area contributed by atoms with Crippen molar-refractivity contribution in [3.63, 3.8) is 0 Å². The van der Waals surface area contributed by atoms with E-state index < -0.39 is 5.91 Å². The van der Waals surface area contributed by atoms with Crippen LogP contribution in [0.5, 0.6) is 5.75 Å². The Kier molecular flexibility index (Phi) is 6.83. The number of rotatable bonds is 8. The molecule has 0 saturated heterocycles. The highest BCUT2D eigenvalue weighted by Gasteiger charge is 2.35. The molecular weight excluding hydrogens is 439 g/mol. The number of hydrogen-bond acceptors (Lipinski definition) is 6. The van der Waals surface area contributed by atoms with Gasteiger partial charge in [0.1, 0.15) is 23.9 Å². The van der Waals surface area contributed by atoms with Crippen LogP contribution in [0.2, 0.25) is 0 Å². The third-order valence-electron chi connectivity index (χ3n) is 5.78. The lowest BCUT2D eigenvalue weighted by atomic mass is 10.1. The van der Waals surface area contributed by atoms with Gasteiger partial charge in [-0.05, 0) is 49.2 Å². The van der Waals surface area contributed by atoms with Crippen molar-refractivity contribution in [2.24, 2.45) is 0 Å². The zero-order valence-corrected chi connectivity index (χ0v) is 18.9. The summed E-state index contributed by atoms with van der Waals surface area (Å²) in [7, 11) is 0. The summed E-state index contributed by atoms with van der Waals surface area (Å²) in [6.07, 6.45) is 3.06. The molecule has 1 atom stereocenters. The number of aliphatic hydroxyl groups excluding tert-OH is 1. The van der Waals surface area contributed by atoms with Crippen LogP contribution in [0.1, 0.15) is 56.2 Å². The number of nitrogens with zero attached hydrogens (tertiary/aromatic N) is 3. The number of halogens is 1. The first kappa shape index (κ1) is 23.3. The molecule has 2 N–H and O–H groups in total. The molecule has 2 aromatic heterocycles. The Morgan fingerprint density at radius 1 is 1.26 bits per heavy atom. The van der Waals surface area contributed by atoms with Crippen LogP contribution >= 0.6 is 0 Å². The zero-order chi connectivity index (χ0) is 24.2. The lowest BCUT2D eigenvalue weighted by Gasteiger charge is -2.24. The summed E-state index contributed by atoms with van der Waals surface area (Å²) in [6, 6.07) is 9.23. The van der Waals surface area contributed by atoms with Gasteiger partial charge in [0.2, 0.25) is 0 Å². The predicted molar refractivity (Wildman–Crippen MR) is 122 cm³/mol. The highest BCUT2D eigenvalue weighted by molar-refractivity contribution is 6.03. The number of ether oxygens (including phenoxy) is 1. The first-order valence-electron chi connectivity index (χ1n) is 10.9. The second kappa shape index (κ2) is 9.96. The van der Waals surface area contributed by atoms with Gasteiger partial charge < -0.3 is 20.1 Å². The van der Waals surface area contributed by atoms with Gasteiger partial charge in [-0.2, -0.15) is 0 Å². The second-order valence-electron chi connectivity index (χ2n) is 8.06. The lowest BCUT2D eigenvalue weighted by Crippen LogP contribution is -2.29. The quantitative estimate of drug-likeness (QED) is 0.531. The minimum absolute atomic E-state index is 0.108. The topological polar surface area (TPSA) is 105 Å². The molecule has 34 heavy (non-hydrogen) atoms. The summed E-state index contributed by atoms with van der Waals surface area (Å²) in [5, 5.41) is 11.5. The van der Waals surface area contributed by atoms with E-state index in [4.69, 9.17) is 9.84 Å². The van der Waals surface area contributed by atoms with Gasteiger partial charge in [0, 0.05) is 30.4 Å². The van der Waals surface area contributed by atoms with Gasteiger partial charge in [0.15, 0.2) is 0 Å². The van der Waals surface area contributed by atoms with E-state index in [0.29, 0.717) is 22.6 Å². The lowest BCUT2D eigenvalue weighted by molar-refractivity contribution is 0.0711. The molecule has 0 spiro atoms. The van der Waals surface area contributed by atoms with Crippen LogP contribution in [-0.4, -0.2) is 44.9 Å². The van der Waals surface area contributed by atoms with Crippen LogP contribution in [0.4, 0.5) is 4.39 Å². The Morgan fingerprint density at radius 3 is 2.74 bits per heavy atom. The van der Waals surface area contributed by atoms with E-state index in [9.17, 15) is 14.0 Å². The van der Waals surface area contributed by atoms with E-state index in [1.807, 2.05) is 19.9 Å². The minimum atomic E-state index is -0.426. The molecule has 1 aliphatic rings. The largest absolute Gasteiger partial charge is 0.487 e. The van der Waals surface area contributed by atoms with Crippen LogP contribution in [0.3, 0.4) is 0 Å². The van der Waals surface area contributed by atoms with Crippen LogP contribution in [0.15, 0.2) is 48.8 Å². The monoisotopic (exact) mass is 464 g/mol. The number of pyridine rings is 2. The SMILES string of the molecule is Cc1cc(C(C)N2Cc3c(ccnc3C(=O)NCCO)C2=O)ncc1OCc1ccc(F)cc1. The van der Waals surface area contributed by atoms with E-state index >= 15 is 0 Å². The predicted octanol–water partition coefficient (Wildman–Crippen LogP) is 2.94. The maximum Gasteiger partial charge on any atom is 0.270 e. The van der Waals surface area contributed by atoms with Crippen molar-refractivity contribution < 1.29 is 23.8 Å². The van der Waals surface area contributed by atoms with Gasteiger partial charge >= 0.3 is 0 Å². The minimum Gasteiger partial charge on any atom is -0.487 e. The maximum atomic E-state index is 13.1. The number of aromatic nitrogens is 2. The van der Waals surface area contributed by atoms with Crippen LogP contribution in [0, 0.1) is 12.7 Å². The molecule has 2 amide bonds. The van der Waals surface area contributed by atoms with Gasteiger partial charge in [-0.25, -0.2) is 4.39 Å². The third kappa shape index (κ3) is 4.74. The molecule has 1 aliphatic heterocycles. The third-order valence-corrected chi connectivity index (χ3v) is 5.78. The normalized spacial score (nSPS) is 13.5. The number of aryl methyl sites for hydroxylation is 1. The number of fused-ring (bicyclic) bond motifs is 1. The molecular formula is C25H25FN4O4. The Balaban J connectivity index is 1.48. The van der Waals surface area contributed by atoms with E-state index in [0.717, 1.165) is 11.1 Å². The van der Waals surface area contributed by atoms with E-state index in [1.165, 1.54) is 18.3 Å². The van der Waals surface area contributed by atoms with Gasteiger partial charge in [-0.3, -0.25) is 19.6 Å². The van der Waals surface area contributed by atoms with Gasteiger partial charge in [0.05, 0.1) is 24.5 Å². The van der Waals surface area contributed by atoms with Crippen molar-refractivity contribution in [2.75, 3.05) is 13.2 Å². The number of aliphatic hydroxyl groups is 1. The number of nitrogens with one attached hydrogen (secondary N) is 1. The fourth-order valence-electron chi connectivity index (χ4n) is 3.86. The standard InChI is InChI=1S/C25H25FN4O4/c1-15-11-21(29-12-22(15)34-14-17-3-5-18(26)6-4-17)16(2)30-13-20-19(25(30)33)7-8-27-23(20)24(32)28-9-10-31/h3-8,11-12,16,31H,9-10,13-14H2,1-2H3,(H,28,32). The van der Waals surface area contributed by atoms with E-state index in [2.05, 4.69) is 15.3 Å². The average molecular weight is 464 g/mol. The molecule has 176 valence electrons. The van der Waals surface area contributed by atoms with Crippen molar-refractivity contribution >= 4 is 11.8 Å². The molecule has 1 aromatic carbocycles. The molecule has 0 bridgehead atoms. The molecule has 0 fully saturated rings. The van der Waals surface area contributed by atoms with Gasteiger partial charge in [-0.1, -0.05) is 12.1 Å². The number of amides is 2. The summed E-state index contributed by atoms with van der Waals surface area (Å²) in [5.74, 6) is -0.322. The molecule has 4 rings (SSSR count). The van der Waals surface area contributed by atoms with Crippen molar-refractivity contribution in [1.29, 1.82) is 0 Å². The maximum absolute atomic E-state index is 13.1. The second-order valence-corrected chi connectivity index (χ2v) is 8.06. The van der Waals surface area contributed by atoms with E-state index in [1.54, 1.807) is 29.3 Å². The van der Waals surface area contributed by atoms with Gasteiger partial charge in [-0.15, -0.1) is 0 Å². The number of carbonyl (C=O) groups is 2. The molecule has 8 nitrogen and oxygen atoms in total. The van der Waals surface area contributed by atoms with Crippen molar-refractivity contribution in [3.05, 3.63) is 88.3 Å². The highest BCUT2D eigenvalue weighted by atomic mass is 19.1. The summed E-state index contributed by atoms with van der Waals surface area (Å²) in [4.78, 5) is 35.8. The Bertz CT molecular complexity index is 1220. The number of benzene rings is 1. The Morgan fingerprint density at radius 2 is 2.03 bits per heavy atom. The Hall–Kier alpha value is -3.85. The van der Waals surface area contributed by atoms with Crippen molar-refractivity contribution in [3.8, 4) is 5.75 Å². The first-order chi connectivity index (χ1) is 16.4. The first-order valence-corrected chi connectivity index (χ1v) is 10.9. The van der Waals surface area contributed by atoms with Crippen LogP contribution < -0.4 is 10.1 Å². The van der Waals surface area contributed by atoms with Gasteiger partial charge in [0.25, 0.3) is 11.8 Å². The fourth-order valence-corrected chi connectivity index (χ4v) is 3.86. The summed E-state index contributed by atoms with van der Waals surface area (Å²) in [5.41, 5.74) is 3.56. The fraction of sp³-hybridized carbons (Fsp3) is 0.280.